The van der Waals surface area contributed by atoms with Gasteiger partial charge in [0.15, 0.2) is 0 Å². The lowest BCUT2D eigenvalue weighted by Gasteiger charge is -2.41. The second-order valence-electron chi connectivity index (χ2n) is 4.56. The van der Waals surface area contributed by atoms with E-state index in [2.05, 4.69) is 18.7 Å². The molecule has 0 aliphatic heterocycles. The topological polar surface area (TPSA) is 40.5 Å². The van der Waals surface area contributed by atoms with E-state index >= 15 is 0 Å². The number of aliphatic carboxylic acids is 1. The molecule has 1 aliphatic rings. The first-order chi connectivity index (χ1) is 6.54. The summed E-state index contributed by atoms with van der Waals surface area (Å²) in [6.45, 7) is 7.81. The summed E-state index contributed by atoms with van der Waals surface area (Å²) >= 11 is 0. The van der Waals surface area contributed by atoms with Crippen LogP contribution in [0.1, 0.15) is 33.6 Å². The zero-order valence-corrected chi connectivity index (χ0v) is 9.36. The van der Waals surface area contributed by atoms with Crippen molar-refractivity contribution in [3.63, 3.8) is 0 Å². The Morgan fingerprint density at radius 2 is 2.14 bits per heavy atom. The fourth-order valence-electron chi connectivity index (χ4n) is 2.12. The lowest BCUT2D eigenvalue weighted by atomic mass is 9.80. The summed E-state index contributed by atoms with van der Waals surface area (Å²) in [7, 11) is 0. The van der Waals surface area contributed by atoms with Crippen LogP contribution >= 0.6 is 0 Å². The standard InChI is InChI=1S/C11H21NO2/c1-4-12(7-9(3)11(13)14)10-5-8(2)6-10/h8-10H,4-7H2,1-3H3,(H,13,14). The minimum absolute atomic E-state index is 0.245. The molecule has 1 fully saturated rings. The van der Waals surface area contributed by atoms with Crippen LogP contribution in [0.3, 0.4) is 0 Å². The van der Waals surface area contributed by atoms with Crippen molar-refractivity contribution in [2.24, 2.45) is 11.8 Å². The zero-order chi connectivity index (χ0) is 10.7. The van der Waals surface area contributed by atoms with Gasteiger partial charge in [-0.3, -0.25) is 9.69 Å². The Labute approximate surface area is 86.1 Å². The Kier molecular flexibility index (Phi) is 3.93. The molecule has 1 unspecified atom stereocenters. The molecule has 0 amide bonds. The molecule has 1 aliphatic carbocycles. The summed E-state index contributed by atoms with van der Waals surface area (Å²) in [6.07, 6.45) is 2.47. The van der Waals surface area contributed by atoms with Gasteiger partial charge in [0.05, 0.1) is 5.92 Å². The van der Waals surface area contributed by atoms with Crippen molar-refractivity contribution in [1.82, 2.24) is 4.90 Å². The van der Waals surface area contributed by atoms with Crippen molar-refractivity contribution in [1.29, 1.82) is 0 Å². The average Bonchev–Trinajstić information content (AvgIpc) is 2.09. The average molecular weight is 199 g/mol. The van der Waals surface area contributed by atoms with E-state index in [1.54, 1.807) is 6.92 Å². The van der Waals surface area contributed by atoms with Crippen molar-refractivity contribution in [2.75, 3.05) is 13.1 Å². The van der Waals surface area contributed by atoms with Gasteiger partial charge in [-0.05, 0) is 25.3 Å². The molecule has 14 heavy (non-hydrogen) atoms. The number of hydrogen-bond donors (Lipinski definition) is 1. The molecule has 0 aromatic rings. The predicted molar refractivity (Wildman–Crippen MR) is 56.2 cm³/mol. The summed E-state index contributed by atoms with van der Waals surface area (Å²) in [4.78, 5) is 13.0. The molecule has 3 nitrogen and oxygen atoms in total. The number of rotatable bonds is 5. The fourth-order valence-corrected chi connectivity index (χ4v) is 2.12. The van der Waals surface area contributed by atoms with E-state index in [9.17, 15) is 4.79 Å². The third-order valence-electron chi connectivity index (χ3n) is 3.20. The van der Waals surface area contributed by atoms with Gasteiger partial charge >= 0.3 is 5.97 Å². The van der Waals surface area contributed by atoms with E-state index in [4.69, 9.17) is 5.11 Å². The second kappa shape index (κ2) is 4.78. The summed E-state index contributed by atoms with van der Waals surface area (Å²) < 4.78 is 0. The van der Waals surface area contributed by atoms with Gasteiger partial charge in [0, 0.05) is 12.6 Å². The molecule has 0 heterocycles. The van der Waals surface area contributed by atoms with Gasteiger partial charge in [-0.15, -0.1) is 0 Å². The maximum atomic E-state index is 10.7. The fraction of sp³-hybridized carbons (Fsp3) is 0.909. The minimum Gasteiger partial charge on any atom is -0.481 e. The predicted octanol–water partition coefficient (Wildman–Crippen LogP) is 1.83. The summed E-state index contributed by atoms with van der Waals surface area (Å²) in [5.41, 5.74) is 0. The van der Waals surface area contributed by atoms with E-state index in [-0.39, 0.29) is 5.92 Å². The number of carboxylic acid groups (broad SMARTS) is 1. The first-order valence-corrected chi connectivity index (χ1v) is 5.51. The lowest BCUT2D eigenvalue weighted by Crippen LogP contribution is -2.46. The highest BCUT2D eigenvalue weighted by atomic mass is 16.4. The third kappa shape index (κ3) is 2.71. The first-order valence-electron chi connectivity index (χ1n) is 5.51. The first kappa shape index (κ1) is 11.5. The number of carboxylic acids is 1. The van der Waals surface area contributed by atoms with Crippen LogP contribution in [-0.4, -0.2) is 35.1 Å². The van der Waals surface area contributed by atoms with Crippen molar-refractivity contribution in [3.05, 3.63) is 0 Å². The molecule has 1 N–H and O–H groups in total. The van der Waals surface area contributed by atoms with Gasteiger partial charge in [-0.25, -0.2) is 0 Å². The SMILES string of the molecule is CCN(CC(C)C(=O)O)C1CC(C)C1. The van der Waals surface area contributed by atoms with Crippen LogP contribution in [-0.2, 0) is 4.79 Å². The van der Waals surface area contributed by atoms with Crippen LogP contribution in [0.4, 0.5) is 0 Å². The van der Waals surface area contributed by atoms with Crippen molar-refractivity contribution >= 4 is 5.97 Å². The van der Waals surface area contributed by atoms with Crippen LogP contribution < -0.4 is 0 Å². The highest BCUT2D eigenvalue weighted by Gasteiger charge is 2.31. The van der Waals surface area contributed by atoms with Crippen LogP contribution in [0.15, 0.2) is 0 Å². The molecule has 1 rings (SSSR count). The Morgan fingerprint density at radius 3 is 2.50 bits per heavy atom. The van der Waals surface area contributed by atoms with E-state index in [0.717, 1.165) is 12.5 Å². The maximum Gasteiger partial charge on any atom is 0.307 e. The largest absolute Gasteiger partial charge is 0.481 e. The van der Waals surface area contributed by atoms with Gasteiger partial charge in [0.1, 0.15) is 0 Å². The van der Waals surface area contributed by atoms with Crippen LogP contribution in [0.25, 0.3) is 0 Å². The second-order valence-corrected chi connectivity index (χ2v) is 4.56. The van der Waals surface area contributed by atoms with E-state index < -0.39 is 5.97 Å². The Hall–Kier alpha value is -0.570. The summed E-state index contributed by atoms with van der Waals surface area (Å²) in [5, 5.41) is 8.82. The molecule has 0 aromatic heterocycles. The highest BCUT2D eigenvalue weighted by molar-refractivity contribution is 5.69. The summed E-state index contributed by atoms with van der Waals surface area (Å²) in [6, 6.07) is 0.636. The molecular formula is C11H21NO2. The highest BCUT2D eigenvalue weighted by Crippen LogP contribution is 2.31. The van der Waals surface area contributed by atoms with Crippen molar-refractivity contribution in [2.45, 2.75) is 39.7 Å². The molecule has 1 saturated carbocycles. The number of nitrogens with zero attached hydrogens (tertiary/aromatic N) is 1. The van der Waals surface area contributed by atoms with Gasteiger partial charge in [0.2, 0.25) is 0 Å². The molecule has 82 valence electrons. The third-order valence-corrected chi connectivity index (χ3v) is 3.20. The molecule has 1 atom stereocenters. The Morgan fingerprint density at radius 1 is 1.57 bits per heavy atom. The lowest BCUT2D eigenvalue weighted by molar-refractivity contribution is -0.142. The molecule has 3 heteroatoms. The van der Waals surface area contributed by atoms with Gasteiger partial charge in [0.25, 0.3) is 0 Å². The zero-order valence-electron chi connectivity index (χ0n) is 9.36. The van der Waals surface area contributed by atoms with Gasteiger partial charge < -0.3 is 5.11 Å². The van der Waals surface area contributed by atoms with Crippen molar-refractivity contribution in [3.8, 4) is 0 Å². The quantitative estimate of drug-likeness (QED) is 0.734. The van der Waals surface area contributed by atoms with Gasteiger partial charge in [-0.1, -0.05) is 20.8 Å². The minimum atomic E-state index is -0.684. The van der Waals surface area contributed by atoms with Crippen LogP contribution in [0.5, 0.6) is 0 Å². The van der Waals surface area contributed by atoms with Crippen LogP contribution in [0.2, 0.25) is 0 Å². The molecule has 0 radical (unpaired) electrons. The van der Waals surface area contributed by atoms with Crippen molar-refractivity contribution < 1.29 is 9.90 Å². The Bertz CT molecular complexity index is 199. The molecule has 0 bridgehead atoms. The normalized spacial score (nSPS) is 28.6. The Balaban J connectivity index is 2.35. The summed E-state index contributed by atoms with van der Waals surface area (Å²) in [5.74, 6) is -0.101. The molecule has 0 spiro atoms. The van der Waals surface area contributed by atoms with Gasteiger partial charge in [-0.2, -0.15) is 0 Å². The monoisotopic (exact) mass is 199 g/mol. The smallest absolute Gasteiger partial charge is 0.307 e. The van der Waals surface area contributed by atoms with Crippen LogP contribution in [0, 0.1) is 11.8 Å². The maximum absolute atomic E-state index is 10.7. The van der Waals surface area contributed by atoms with E-state index in [0.29, 0.717) is 12.6 Å². The molecule has 0 saturated heterocycles. The molecular weight excluding hydrogens is 178 g/mol. The number of hydrogen-bond acceptors (Lipinski definition) is 2. The van der Waals surface area contributed by atoms with E-state index in [1.165, 1.54) is 12.8 Å². The van der Waals surface area contributed by atoms with E-state index in [1.807, 2.05) is 0 Å². The molecule has 0 aromatic carbocycles. The number of carbonyl (C=O) groups is 1.